The van der Waals surface area contributed by atoms with Gasteiger partial charge in [-0.25, -0.2) is 13.9 Å². The fourth-order valence-corrected chi connectivity index (χ4v) is 3.62. The van der Waals surface area contributed by atoms with Crippen LogP contribution in [0.4, 0.5) is 9.18 Å². The first-order valence-electron chi connectivity index (χ1n) is 7.83. The van der Waals surface area contributed by atoms with Crippen LogP contribution in [0.15, 0.2) is 24.3 Å². The molecule has 134 valence electrons. The van der Waals surface area contributed by atoms with Gasteiger partial charge in [0.25, 0.3) is 10.2 Å². The zero-order chi connectivity index (χ0) is 17.6. The van der Waals surface area contributed by atoms with E-state index in [0.29, 0.717) is 26.1 Å². The predicted octanol–water partition coefficient (Wildman–Crippen LogP) is 0.977. The van der Waals surface area contributed by atoms with Crippen LogP contribution in [0.3, 0.4) is 0 Å². The van der Waals surface area contributed by atoms with Crippen LogP contribution in [0.1, 0.15) is 12.5 Å². The van der Waals surface area contributed by atoms with Crippen LogP contribution >= 0.6 is 0 Å². The van der Waals surface area contributed by atoms with Gasteiger partial charge in [-0.05, 0) is 31.0 Å². The number of carbonyl (C=O) groups is 1. The highest BCUT2D eigenvalue weighted by Crippen LogP contribution is 2.08. The van der Waals surface area contributed by atoms with Crippen LogP contribution < -0.4 is 4.72 Å². The van der Waals surface area contributed by atoms with Gasteiger partial charge in [-0.2, -0.15) is 12.7 Å². The number of hydrogen-bond donors (Lipinski definition) is 1. The summed E-state index contributed by atoms with van der Waals surface area (Å²) in [5.41, 5.74) is 0.727. The first-order valence-corrected chi connectivity index (χ1v) is 9.27. The lowest BCUT2D eigenvalue weighted by atomic mass is 10.1. The molecular formula is C15H22FN3O4S. The zero-order valence-corrected chi connectivity index (χ0v) is 14.4. The van der Waals surface area contributed by atoms with Gasteiger partial charge in [-0.3, -0.25) is 0 Å². The highest BCUT2D eigenvalue weighted by Gasteiger charge is 2.28. The molecule has 0 aliphatic carbocycles. The number of ether oxygens (including phenoxy) is 1. The van der Waals surface area contributed by atoms with Gasteiger partial charge in [0.2, 0.25) is 0 Å². The molecule has 1 aromatic rings. The van der Waals surface area contributed by atoms with Crippen molar-refractivity contribution in [1.29, 1.82) is 0 Å². The minimum Gasteiger partial charge on any atom is -0.450 e. The largest absolute Gasteiger partial charge is 0.450 e. The quantitative estimate of drug-likeness (QED) is 0.821. The van der Waals surface area contributed by atoms with Gasteiger partial charge in [0, 0.05) is 32.7 Å². The van der Waals surface area contributed by atoms with Crippen molar-refractivity contribution in [3.05, 3.63) is 35.6 Å². The van der Waals surface area contributed by atoms with Crippen molar-refractivity contribution in [2.24, 2.45) is 0 Å². The lowest BCUT2D eigenvalue weighted by Crippen LogP contribution is -2.53. The number of piperazine rings is 1. The predicted molar refractivity (Wildman–Crippen MR) is 87.2 cm³/mol. The maximum Gasteiger partial charge on any atom is 0.409 e. The van der Waals surface area contributed by atoms with Gasteiger partial charge >= 0.3 is 6.09 Å². The Bertz CT molecular complexity index is 660. The Morgan fingerprint density at radius 2 is 2.00 bits per heavy atom. The Labute approximate surface area is 141 Å². The fourth-order valence-electron chi connectivity index (χ4n) is 2.43. The summed E-state index contributed by atoms with van der Waals surface area (Å²) in [7, 11) is -3.61. The normalized spacial score (nSPS) is 16.2. The fraction of sp³-hybridized carbons (Fsp3) is 0.533. The maximum atomic E-state index is 13.1. The molecule has 2 rings (SSSR count). The van der Waals surface area contributed by atoms with E-state index in [1.165, 1.54) is 21.3 Å². The molecule has 1 heterocycles. The summed E-state index contributed by atoms with van der Waals surface area (Å²) in [4.78, 5) is 13.1. The van der Waals surface area contributed by atoms with E-state index in [-0.39, 0.29) is 25.5 Å². The molecule has 1 aliphatic rings. The molecule has 1 amide bonds. The van der Waals surface area contributed by atoms with E-state index in [4.69, 9.17) is 4.74 Å². The third kappa shape index (κ3) is 5.15. The summed E-state index contributed by atoms with van der Waals surface area (Å²) >= 11 is 0. The zero-order valence-electron chi connectivity index (χ0n) is 13.6. The van der Waals surface area contributed by atoms with Crippen LogP contribution in [-0.4, -0.2) is 63.0 Å². The molecular weight excluding hydrogens is 337 g/mol. The Morgan fingerprint density at radius 3 is 2.62 bits per heavy atom. The summed E-state index contributed by atoms with van der Waals surface area (Å²) in [6, 6.07) is 6.06. The number of halogens is 1. The SMILES string of the molecule is CCOC(=O)N1CCN(S(=O)(=O)NCCc2cccc(F)c2)CC1. The van der Waals surface area contributed by atoms with Crippen molar-refractivity contribution in [3.63, 3.8) is 0 Å². The van der Waals surface area contributed by atoms with E-state index in [1.54, 1.807) is 19.1 Å². The first-order chi connectivity index (χ1) is 11.4. The van der Waals surface area contributed by atoms with E-state index < -0.39 is 16.3 Å². The molecule has 1 aromatic carbocycles. The molecule has 0 spiro atoms. The second-order valence-corrected chi connectivity index (χ2v) is 7.12. The third-order valence-corrected chi connectivity index (χ3v) is 5.31. The van der Waals surface area contributed by atoms with Crippen LogP contribution in [0.5, 0.6) is 0 Å². The van der Waals surface area contributed by atoms with E-state index in [1.807, 2.05) is 0 Å². The van der Waals surface area contributed by atoms with Gasteiger partial charge in [0.1, 0.15) is 5.82 Å². The number of nitrogens with zero attached hydrogens (tertiary/aromatic N) is 2. The van der Waals surface area contributed by atoms with E-state index in [2.05, 4.69) is 4.72 Å². The molecule has 0 radical (unpaired) electrons. The van der Waals surface area contributed by atoms with Crippen molar-refractivity contribution in [1.82, 2.24) is 13.9 Å². The molecule has 0 unspecified atom stereocenters. The van der Waals surface area contributed by atoms with Gasteiger partial charge in [0.15, 0.2) is 0 Å². The minimum absolute atomic E-state index is 0.184. The molecule has 9 heteroatoms. The number of rotatable bonds is 6. The van der Waals surface area contributed by atoms with Crippen molar-refractivity contribution in [2.75, 3.05) is 39.3 Å². The van der Waals surface area contributed by atoms with Crippen molar-refractivity contribution in [2.45, 2.75) is 13.3 Å². The average molecular weight is 359 g/mol. The number of nitrogens with one attached hydrogen (secondary N) is 1. The van der Waals surface area contributed by atoms with Crippen LogP contribution in [0.2, 0.25) is 0 Å². The van der Waals surface area contributed by atoms with Crippen molar-refractivity contribution < 1.29 is 22.3 Å². The minimum atomic E-state index is -3.61. The van der Waals surface area contributed by atoms with Gasteiger partial charge in [0.05, 0.1) is 6.61 Å². The highest BCUT2D eigenvalue weighted by atomic mass is 32.2. The number of benzene rings is 1. The van der Waals surface area contributed by atoms with E-state index in [0.717, 1.165) is 5.56 Å². The summed E-state index contributed by atoms with van der Waals surface area (Å²) in [6.45, 7) is 3.22. The second-order valence-electron chi connectivity index (χ2n) is 5.36. The Morgan fingerprint density at radius 1 is 1.29 bits per heavy atom. The first kappa shape index (κ1) is 18.6. The van der Waals surface area contributed by atoms with E-state index in [9.17, 15) is 17.6 Å². The molecule has 24 heavy (non-hydrogen) atoms. The number of hydrogen-bond acceptors (Lipinski definition) is 4. The average Bonchev–Trinajstić information content (AvgIpc) is 2.55. The Balaban J connectivity index is 1.80. The summed E-state index contributed by atoms with van der Waals surface area (Å²) < 4.78 is 46.3. The molecule has 1 saturated heterocycles. The monoisotopic (exact) mass is 359 g/mol. The summed E-state index contributed by atoms with van der Waals surface area (Å²) in [6.07, 6.45) is -0.0200. The van der Waals surface area contributed by atoms with Crippen LogP contribution in [-0.2, 0) is 21.4 Å². The standard InChI is InChI=1S/C15H22FN3O4S/c1-2-23-15(20)18-8-10-19(11-9-18)24(21,22)17-7-6-13-4-3-5-14(16)12-13/h3-5,12,17H,2,6-11H2,1H3. The number of amides is 1. The molecule has 1 fully saturated rings. The Hall–Kier alpha value is -1.71. The van der Waals surface area contributed by atoms with Gasteiger partial charge in [-0.1, -0.05) is 12.1 Å². The number of carbonyl (C=O) groups excluding carboxylic acids is 1. The molecule has 7 nitrogen and oxygen atoms in total. The van der Waals surface area contributed by atoms with Crippen LogP contribution in [0.25, 0.3) is 0 Å². The van der Waals surface area contributed by atoms with Crippen LogP contribution in [0, 0.1) is 5.82 Å². The Kier molecular flexibility index (Phi) is 6.52. The van der Waals surface area contributed by atoms with Crippen molar-refractivity contribution in [3.8, 4) is 0 Å². The lowest BCUT2D eigenvalue weighted by molar-refractivity contribution is 0.0932. The molecule has 1 aliphatic heterocycles. The smallest absolute Gasteiger partial charge is 0.409 e. The maximum absolute atomic E-state index is 13.1. The molecule has 0 aromatic heterocycles. The highest BCUT2D eigenvalue weighted by molar-refractivity contribution is 7.87. The molecule has 0 bridgehead atoms. The summed E-state index contributed by atoms with van der Waals surface area (Å²) in [5.74, 6) is -0.342. The lowest BCUT2D eigenvalue weighted by Gasteiger charge is -2.33. The molecule has 0 atom stereocenters. The van der Waals surface area contributed by atoms with Gasteiger partial charge in [-0.15, -0.1) is 0 Å². The topological polar surface area (TPSA) is 79.0 Å². The van der Waals surface area contributed by atoms with Gasteiger partial charge < -0.3 is 9.64 Å². The summed E-state index contributed by atoms with van der Waals surface area (Å²) in [5, 5.41) is 0. The molecule has 0 saturated carbocycles. The third-order valence-electron chi connectivity index (χ3n) is 3.69. The van der Waals surface area contributed by atoms with E-state index >= 15 is 0 Å². The molecule has 1 N–H and O–H groups in total. The second kappa shape index (κ2) is 8.41. The van der Waals surface area contributed by atoms with Crippen molar-refractivity contribution >= 4 is 16.3 Å².